The topological polar surface area (TPSA) is 124 Å². The number of rotatable bonds is 15. The minimum absolute atomic E-state index is 0.0482. The number of aliphatic hydroxyl groups excluding tert-OH is 1. The van der Waals surface area contributed by atoms with Crippen LogP contribution in [0.4, 0.5) is 5.13 Å². The van der Waals surface area contributed by atoms with Crippen LogP contribution in [0, 0.1) is 0 Å². The molecule has 0 fully saturated rings. The first-order valence-electron chi connectivity index (χ1n) is 15.7. The van der Waals surface area contributed by atoms with Crippen molar-refractivity contribution in [3.63, 3.8) is 0 Å². The van der Waals surface area contributed by atoms with Crippen molar-refractivity contribution in [2.24, 2.45) is 0 Å². The van der Waals surface area contributed by atoms with Gasteiger partial charge in [0.05, 0.1) is 31.9 Å². The van der Waals surface area contributed by atoms with Crippen molar-refractivity contribution in [2.45, 2.75) is 49.2 Å². The van der Waals surface area contributed by atoms with E-state index in [1.54, 1.807) is 42.5 Å². The Morgan fingerprint density at radius 2 is 1.81 bits per heavy atom. The summed E-state index contributed by atoms with van der Waals surface area (Å²) in [6.07, 6.45) is 3.00. The van der Waals surface area contributed by atoms with E-state index in [0.29, 0.717) is 57.1 Å². The lowest BCUT2D eigenvalue weighted by atomic mass is 9.95. The van der Waals surface area contributed by atoms with Gasteiger partial charge in [-0.25, -0.2) is 0 Å². The molecule has 3 aromatic carbocycles. The van der Waals surface area contributed by atoms with Crippen LogP contribution in [0.15, 0.2) is 92.9 Å². The van der Waals surface area contributed by atoms with E-state index in [1.807, 2.05) is 37.3 Å². The number of Topliss-reactive ketones (excluding diaryl/α,β-unsaturated/α-hetero) is 1. The van der Waals surface area contributed by atoms with Crippen LogP contribution >= 0.6 is 23.1 Å². The van der Waals surface area contributed by atoms with Crippen LogP contribution in [-0.4, -0.2) is 47.3 Å². The van der Waals surface area contributed by atoms with Crippen molar-refractivity contribution in [1.82, 2.24) is 10.2 Å². The lowest BCUT2D eigenvalue weighted by Crippen LogP contribution is -2.31. The van der Waals surface area contributed by atoms with Crippen molar-refractivity contribution in [2.75, 3.05) is 25.2 Å². The second kappa shape index (κ2) is 15.0. The number of carbonyl (C=O) groups excluding carboxylic acids is 2. The summed E-state index contributed by atoms with van der Waals surface area (Å²) in [5, 5.41) is 20.9. The van der Waals surface area contributed by atoms with E-state index in [-0.39, 0.29) is 16.5 Å². The SMILES string of the molecule is CCCCCOc1ccc(C2C(C(=O)c3cc4cccc(OC)c4o3)=C(O)C(=O)N2c2nnc(SCc3ccccc3)s2)cc1OCC. The van der Waals surface area contributed by atoms with Crippen LogP contribution in [0.5, 0.6) is 17.2 Å². The Kier molecular flexibility index (Phi) is 10.3. The molecular formula is C36H35N3O7S2. The third-order valence-electron chi connectivity index (χ3n) is 7.80. The summed E-state index contributed by atoms with van der Waals surface area (Å²) in [4.78, 5) is 29.4. The molecule has 12 heteroatoms. The molecule has 0 aliphatic carbocycles. The molecule has 0 spiro atoms. The van der Waals surface area contributed by atoms with Crippen LogP contribution in [-0.2, 0) is 10.5 Å². The predicted octanol–water partition coefficient (Wildman–Crippen LogP) is 8.34. The number of methoxy groups -OCH3 is 1. The summed E-state index contributed by atoms with van der Waals surface area (Å²) in [5.74, 6) is -0.0334. The van der Waals surface area contributed by atoms with E-state index in [9.17, 15) is 14.7 Å². The zero-order valence-electron chi connectivity index (χ0n) is 26.8. The number of nitrogens with zero attached hydrogens (tertiary/aromatic N) is 3. The van der Waals surface area contributed by atoms with Gasteiger partial charge in [-0.05, 0) is 48.7 Å². The quantitative estimate of drug-likeness (QED) is 0.0498. The van der Waals surface area contributed by atoms with Crippen LogP contribution in [0.3, 0.4) is 0 Å². The second-order valence-electron chi connectivity index (χ2n) is 11.0. The van der Waals surface area contributed by atoms with Crippen LogP contribution in [0.25, 0.3) is 11.0 Å². The number of benzene rings is 3. The van der Waals surface area contributed by atoms with E-state index in [2.05, 4.69) is 17.1 Å². The van der Waals surface area contributed by atoms with Crippen LogP contribution < -0.4 is 19.1 Å². The highest BCUT2D eigenvalue weighted by Gasteiger charge is 2.47. The number of fused-ring (bicyclic) bond motifs is 1. The summed E-state index contributed by atoms with van der Waals surface area (Å²) < 4.78 is 24.0. The van der Waals surface area contributed by atoms with Crippen LogP contribution in [0.2, 0.25) is 0 Å². The number of hydrogen-bond acceptors (Lipinski definition) is 11. The standard InChI is InChI=1S/C36H35N3O7S2/c1-4-6-10-18-45-25-17-16-23(19-27(25)44-5-2)30-29(31(40)28-20-24-14-11-15-26(43-3)33(24)46-28)32(41)34(42)39(30)35-37-38-36(48-35)47-21-22-12-8-7-9-13-22/h7-9,11-17,19-20,30,41H,4-6,10,18,21H2,1-3H3. The highest BCUT2D eigenvalue weighted by molar-refractivity contribution is 8.00. The second-order valence-corrected chi connectivity index (χ2v) is 13.2. The first-order chi connectivity index (χ1) is 23.4. The summed E-state index contributed by atoms with van der Waals surface area (Å²) in [7, 11) is 1.51. The largest absolute Gasteiger partial charge is 0.503 e. The molecule has 1 aliphatic rings. The molecule has 0 saturated carbocycles. The zero-order valence-corrected chi connectivity index (χ0v) is 28.4. The Bertz CT molecular complexity index is 1950. The van der Waals surface area contributed by atoms with Gasteiger partial charge in [-0.1, -0.05) is 91.4 Å². The van der Waals surface area contributed by atoms with Gasteiger partial charge in [-0.2, -0.15) is 0 Å². The number of anilines is 1. The molecule has 1 amide bonds. The van der Waals surface area contributed by atoms with E-state index in [4.69, 9.17) is 18.6 Å². The Balaban J connectivity index is 1.39. The third kappa shape index (κ3) is 6.76. The highest BCUT2D eigenvalue weighted by atomic mass is 32.2. The lowest BCUT2D eigenvalue weighted by Gasteiger charge is -2.25. The molecular weight excluding hydrogens is 651 g/mol. The average molecular weight is 686 g/mol. The Morgan fingerprint density at radius 1 is 0.979 bits per heavy atom. The van der Waals surface area contributed by atoms with Gasteiger partial charge in [0.2, 0.25) is 10.9 Å². The molecule has 2 aromatic heterocycles. The number of unbranched alkanes of at least 4 members (excludes halogenated alkanes) is 2. The molecule has 1 unspecified atom stereocenters. The number of thioether (sulfide) groups is 1. The number of aliphatic hydroxyl groups is 1. The molecule has 1 N–H and O–H groups in total. The summed E-state index contributed by atoms with van der Waals surface area (Å²) >= 11 is 2.69. The fourth-order valence-electron chi connectivity index (χ4n) is 5.49. The van der Waals surface area contributed by atoms with Crippen molar-refractivity contribution >= 4 is 50.9 Å². The number of ketones is 1. The maximum absolute atomic E-state index is 14.3. The molecule has 3 heterocycles. The fraction of sp³-hybridized carbons (Fsp3) is 0.278. The summed E-state index contributed by atoms with van der Waals surface area (Å²) in [5.41, 5.74) is 1.87. The van der Waals surface area contributed by atoms with Crippen molar-refractivity contribution in [1.29, 1.82) is 0 Å². The molecule has 1 aliphatic heterocycles. The fourth-order valence-corrected chi connectivity index (χ4v) is 7.31. The van der Waals surface area contributed by atoms with Gasteiger partial charge >= 0.3 is 0 Å². The normalized spacial score (nSPS) is 14.6. The average Bonchev–Trinajstić information content (AvgIpc) is 3.83. The van der Waals surface area contributed by atoms with Crippen molar-refractivity contribution in [3.8, 4) is 17.2 Å². The van der Waals surface area contributed by atoms with Gasteiger partial charge in [0.1, 0.15) is 0 Å². The van der Waals surface area contributed by atoms with Crippen molar-refractivity contribution in [3.05, 3.63) is 101 Å². The van der Waals surface area contributed by atoms with E-state index < -0.39 is 23.5 Å². The molecule has 6 rings (SSSR count). The zero-order chi connectivity index (χ0) is 33.6. The number of ether oxygens (including phenoxy) is 3. The van der Waals surface area contributed by atoms with E-state index in [1.165, 1.54) is 35.1 Å². The van der Waals surface area contributed by atoms with Gasteiger partial charge in [0, 0.05) is 11.1 Å². The predicted molar refractivity (Wildman–Crippen MR) is 186 cm³/mol. The minimum Gasteiger partial charge on any atom is -0.503 e. The van der Waals surface area contributed by atoms with Gasteiger partial charge < -0.3 is 23.7 Å². The Hall–Kier alpha value is -4.81. The molecule has 0 saturated heterocycles. The van der Waals surface area contributed by atoms with E-state index in [0.717, 1.165) is 24.8 Å². The number of aromatic nitrogens is 2. The summed E-state index contributed by atoms with van der Waals surface area (Å²) in [6, 6.07) is 21.0. The molecule has 1 atom stereocenters. The van der Waals surface area contributed by atoms with Gasteiger partial charge in [0.15, 0.2) is 38.7 Å². The first-order valence-corrected chi connectivity index (χ1v) is 17.5. The molecule has 5 aromatic rings. The van der Waals surface area contributed by atoms with Gasteiger partial charge in [-0.15, -0.1) is 10.2 Å². The van der Waals surface area contributed by atoms with E-state index >= 15 is 0 Å². The maximum atomic E-state index is 14.3. The monoisotopic (exact) mass is 685 g/mol. The number of carbonyl (C=O) groups is 2. The Morgan fingerprint density at radius 3 is 2.58 bits per heavy atom. The molecule has 48 heavy (non-hydrogen) atoms. The van der Waals surface area contributed by atoms with Gasteiger partial charge in [-0.3, -0.25) is 14.5 Å². The maximum Gasteiger partial charge on any atom is 0.296 e. The molecule has 248 valence electrons. The number of para-hydroxylation sites is 1. The molecule has 0 radical (unpaired) electrons. The number of amides is 1. The smallest absolute Gasteiger partial charge is 0.296 e. The minimum atomic E-state index is -1.06. The first kappa shape index (κ1) is 33.1. The third-order valence-corrected chi connectivity index (χ3v) is 9.93. The lowest BCUT2D eigenvalue weighted by molar-refractivity contribution is -0.117. The number of hydrogen-bond donors (Lipinski definition) is 1. The van der Waals surface area contributed by atoms with Gasteiger partial charge in [0.25, 0.3) is 5.91 Å². The Labute approximate surface area is 286 Å². The van der Waals surface area contributed by atoms with Crippen LogP contribution in [0.1, 0.15) is 60.8 Å². The summed E-state index contributed by atoms with van der Waals surface area (Å²) in [6.45, 7) is 4.89. The van der Waals surface area contributed by atoms with Crippen molar-refractivity contribution < 1.29 is 33.3 Å². The molecule has 0 bridgehead atoms. The molecule has 10 nitrogen and oxygen atoms in total. The highest BCUT2D eigenvalue weighted by Crippen LogP contribution is 2.46. The number of furan rings is 1.